The molecule has 1 heterocycles. The van der Waals surface area contributed by atoms with Crippen molar-refractivity contribution in [3.63, 3.8) is 0 Å². The van der Waals surface area contributed by atoms with Gasteiger partial charge in [-0.05, 0) is 18.6 Å². The molecular formula is C16H22N+. The molecule has 0 aliphatic rings. The molecule has 1 heteroatoms. The molecular weight excluding hydrogens is 206 g/mol. The van der Waals surface area contributed by atoms with E-state index in [-0.39, 0.29) is 0 Å². The first-order chi connectivity index (χ1) is 8.42. The van der Waals surface area contributed by atoms with Crippen LogP contribution in [0.4, 0.5) is 0 Å². The minimum atomic E-state index is 1.14. The van der Waals surface area contributed by atoms with E-state index in [1.807, 2.05) is 0 Å². The van der Waals surface area contributed by atoms with Crippen LogP contribution in [-0.4, -0.2) is 0 Å². The van der Waals surface area contributed by atoms with Crippen molar-refractivity contribution in [2.75, 3.05) is 0 Å². The normalized spacial score (nSPS) is 10.9. The molecule has 0 saturated heterocycles. The zero-order chi connectivity index (χ0) is 11.9. The van der Waals surface area contributed by atoms with Crippen LogP contribution in [0.2, 0.25) is 0 Å². The number of aromatic nitrogens is 1. The third-order valence-corrected chi connectivity index (χ3v) is 3.29. The monoisotopic (exact) mass is 228 g/mol. The maximum atomic E-state index is 2.38. The summed E-state index contributed by atoms with van der Waals surface area (Å²) in [6, 6.07) is 12.9. The third-order valence-electron chi connectivity index (χ3n) is 3.29. The Morgan fingerprint density at radius 1 is 0.882 bits per heavy atom. The number of benzene rings is 1. The highest BCUT2D eigenvalue weighted by Gasteiger charge is 2.06. The van der Waals surface area contributed by atoms with Gasteiger partial charge < -0.3 is 0 Å². The van der Waals surface area contributed by atoms with Crippen LogP contribution in [-0.2, 0) is 6.54 Å². The van der Waals surface area contributed by atoms with E-state index in [0.29, 0.717) is 0 Å². The fourth-order valence-electron chi connectivity index (χ4n) is 2.30. The van der Waals surface area contributed by atoms with Crippen LogP contribution < -0.4 is 4.57 Å². The standard InChI is InChI=1S/C16H22N/c1-2-3-4-5-8-13-17-14-9-11-15-10-6-7-12-16(15)17/h6-7,9-12,14H,2-5,8,13H2,1H3/q+1. The first kappa shape index (κ1) is 12.1. The second kappa shape index (κ2) is 6.39. The van der Waals surface area contributed by atoms with Gasteiger partial charge in [0.1, 0.15) is 6.54 Å². The summed E-state index contributed by atoms with van der Waals surface area (Å²) in [7, 11) is 0. The van der Waals surface area contributed by atoms with Crippen molar-refractivity contribution >= 4 is 10.9 Å². The van der Waals surface area contributed by atoms with Crippen LogP contribution in [0.3, 0.4) is 0 Å². The van der Waals surface area contributed by atoms with E-state index in [2.05, 4.69) is 54.1 Å². The molecule has 0 saturated carbocycles. The maximum Gasteiger partial charge on any atom is 0.212 e. The lowest BCUT2D eigenvalue weighted by atomic mass is 10.1. The van der Waals surface area contributed by atoms with E-state index in [1.165, 1.54) is 43.0 Å². The van der Waals surface area contributed by atoms with Crippen LogP contribution in [0.15, 0.2) is 42.6 Å². The molecule has 17 heavy (non-hydrogen) atoms. The number of pyridine rings is 1. The molecule has 1 aromatic carbocycles. The van der Waals surface area contributed by atoms with Crippen molar-refractivity contribution in [2.45, 2.75) is 45.6 Å². The fourth-order valence-corrected chi connectivity index (χ4v) is 2.30. The first-order valence-corrected chi connectivity index (χ1v) is 6.79. The highest BCUT2D eigenvalue weighted by Crippen LogP contribution is 2.09. The molecule has 0 unspecified atom stereocenters. The predicted octanol–water partition coefficient (Wildman–Crippen LogP) is 4.10. The molecule has 0 aliphatic heterocycles. The number of aryl methyl sites for hydroxylation is 1. The van der Waals surface area contributed by atoms with Gasteiger partial charge in [-0.1, -0.05) is 38.3 Å². The van der Waals surface area contributed by atoms with Crippen LogP contribution in [0.25, 0.3) is 10.9 Å². The summed E-state index contributed by atoms with van der Waals surface area (Å²) in [4.78, 5) is 0. The molecule has 0 atom stereocenters. The zero-order valence-electron chi connectivity index (χ0n) is 10.7. The summed E-state index contributed by atoms with van der Waals surface area (Å²) in [6.45, 7) is 3.41. The Hall–Kier alpha value is -1.37. The SMILES string of the molecule is CCCCCCC[n+]1cccc2ccccc21. The van der Waals surface area contributed by atoms with E-state index in [0.717, 1.165) is 6.54 Å². The van der Waals surface area contributed by atoms with E-state index < -0.39 is 0 Å². The number of fused-ring (bicyclic) bond motifs is 1. The van der Waals surface area contributed by atoms with E-state index in [9.17, 15) is 0 Å². The third kappa shape index (κ3) is 3.29. The summed E-state index contributed by atoms with van der Waals surface area (Å²) < 4.78 is 2.38. The molecule has 90 valence electrons. The average Bonchev–Trinajstić information content (AvgIpc) is 2.39. The van der Waals surface area contributed by atoms with Crippen LogP contribution >= 0.6 is 0 Å². The molecule has 0 radical (unpaired) electrons. The quantitative estimate of drug-likeness (QED) is 0.518. The van der Waals surface area contributed by atoms with Crippen LogP contribution in [0, 0.1) is 0 Å². The number of hydrogen-bond donors (Lipinski definition) is 0. The summed E-state index contributed by atoms with van der Waals surface area (Å²) >= 11 is 0. The lowest BCUT2D eigenvalue weighted by Crippen LogP contribution is -2.33. The number of nitrogens with zero attached hydrogens (tertiary/aromatic N) is 1. The smallest absolute Gasteiger partial charge is 0.198 e. The average molecular weight is 228 g/mol. The molecule has 0 bridgehead atoms. The van der Waals surface area contributed by atoms with Crippen molar-refractivity contribution in [2.24, 2.45) is 0 Å². The largest absolute Gasteiger partial charge is 0.212 e. The lowest BCUT2D eigenvalue weighted by molar-refractivity contribution is -0.671. The topological polar surface area (TPSA) is 3.88 Å². The molecule has 0 spiro atoms. The van der Waals surface area contributed by atoms with Crippen molar-refractivity contribution < 1.29 is 4.57 Å². The molecule has 0 fully saturated rings. The maximum absolute atomic E-state index is 2.38. The minimum Gasteiger partial charge on any atom is -0.198 e. The highest BCUT2D eigenvalue weighted by atomic mass is 14.9. The summed E-state index contributed by atoms with van der Waals surface area (Å²) in [6.07, 6.45) is 8.91. The fraction of sp³-hybridized carbons (Fsp3) is 0.438. The second-order valence-corrected chi connectivity index (χ2v) is 4.67. The zero-order valence-corrected chi connectivity index (χ0v) is 10.7. The number of unbranched alkanes of at least 4 members (excludes halogenated alkanes) is 4. The van der Waals surface area contributed by atoms with Gasteiger partial charge in [-0.3, -0.25) is 0 Å². The summed E-state index contributed by atoms with van der Waals surface area (Å²) in [5, 5.41) is 1.34. The Morgan fingerprint density at radius 3 is 2.53 bits per heavy atom. The van der Waals surface area contributed by atoms with Crippen molar-refractivity contribution in [1.82, 2.24) is 0 Å². The Bertz CT molecular complexity index is 457. The number of rotatable bonds is 6. The van der Waals surface area contributed by atoms with Gasteiger partial charge >= 0.3 is 0 Å². The van der Waals surface area contributed by atoms with Crippen LogP contribution in [0.1, 0.15) is 39.0 Å². The summed E-state index contributed by atoms with van der Waals surface area (Å²) in [5.41, 5.74) is 1.35. The van der Waals surface area contributed by atoms with Gasteiger partial charge in [-0.15, -0.1) is 0 Å². The van der Waals surface area contributed by atoms with Gasteiger partial charge in [0.2, 0.25) is 5.52 Å². The van der Waals surface area contributed by atoms with Gasteiger partial charge in [0, 0.05) is 23.9 Å². The molecule has 0 aliphatic carbocycles. The molecule has 2 aromatic rings. The minimum absolute atomic E-state index is 1.14. The first-order valence-electron chi connectivity index (χ1n) is 6.79. The second-order valence-electron chi connectivity index (χ2n) is 4.67. The van der Waals surface area contributed by atoms with Gasteiger partial charge in [0.05, 0.1) is 0 Å². The molecule has 0 N–H and O–H groups in total. The highest BCUT2D eigenvalue weighted by molar-refractivity contribution is 5.74. The van der Waals surface area contributed by atoms with Gasteiger partial charge in [-0.25, -0.2) is 0 Å². The Morgan fingerprint density at radius 2 is 1.65 bits per heavy atom. The Balaban J connectivity index is 1.98. The van der Waals surface area contributed by atoms with Crippen molar-refractivity contribution in [3.8, 4) is 0 Å². The van der Waals surface area contributed by atoms with Crippen molar-refractivity contribution in [3.05, 3.63) is 42.6 Å². The van der Waals surface area contributed by atoms with E-state index >= 15 is 0 Å². The molecule has 1 aromatic heterocycles. The Kier molecular flexibility index (Phi) is 4.54. The van der Waals surface area contributed by atoms with E-state index in [4.69, 9.17) is 0 Å². The van der Waals surface area contributed by atoms with E-state index in [1.54, 1.807) is 0 Å². The Labute approximate surface area is 104 Å². The molecule has 1 nitrogen and oxygen atoms in total. The lowest BCUT2D eigenvalue weighted by Gasteiger charge is -2.01. The van der Waals surface area contributed by atoms with Crippen LogP contribution in [0.5, 0.6) is 0 Å². The summed E-state index contributed by atoms with van der Waals surface area (Å²) in [5.74, 6) is 0. The van der Waals surface area contributed by atoms with Gasteiger partial charge in [0.15, 0.2) is 6.20 Å². The molecule has 0 amide bonds. The van der Waals surface area contributed by atoms with Gasteiger partial charge in [-0.2, -0.15) is 4.57 Å². The number of hydrogen-bond acceptors (Lipinski definition) is 0. The van der Waals surface area contributed by atoms with Gasteiger partial charge in [0.25, 0.3) is 0 Å². The number of para-hydroxylation sites is 1. The molecule has 2 rings (SSSR count). The van der Waals surface area contributed by atoms with Crippen molar-refractivity contribution in [1.29, 1.82) is 0 Å². The predicted molar refractivity (Wildman–Crippen MR) is 72.9 cm³/mol.